The zero-order valence-corrected chi connectivity index (χ0v) is 11.8. The van der Waals surface area contributed by atoms with E-state index in [0.717, 1.165) is 16.4 Å². The van der Waals surface area contributed by atoms with E-state index in [1.165, 1.54) is 11.8 Å². The summed E-state index contributed by atoms with van der Waals surface area (Å²) in [4.78, 5) is 19.0. The molecule has 0 spiro atoms. The first kappa shape index (κ1) is 13.4. The molecule has 104 valence electrons. The van der Waals surface area contributed by atoms with E-state index in [-0.39, 0.29) is 18.2 Å². The molecule has 6 nitrogen and oxygen atoms in total. The molecule has 3 rings (SSSR count). The van der Waals surface area contributed by atoms with Gasteiger partial charge in [-0.15, -0.1) is 16.6 Å². The number of amides is 1. The second kappa shape index (κ2) is 5.81. The number of hydrogen-bond acceptors (Lipinski definition) is 5. The molecule has 3 aromatic rings. The number of hydrogen-bond donors (Lipinski definition) is 2. The molecule has 0 fully saturated rings. The van der Waals surface area contributed by atoms with Gasteiger partial charge in [-0.1, -0.05) is 35.9 Å². The molecule has 1 aromatic carbocycles. The summed E-state index contributed by atoms with van der Waals surface area (Å²) in [6, 6.07) is 7.80. The minimum absolute atomic E-state index is 0.154. The van der Waals surface area contributed by atoms with Gasteiger partial charge in [0.25, 0.3) is 0 Å². The van der Waals surface area contributed by atoms with E-state index in [0.29, 0.717) is 10.8 Å². The summed E-state index contributed by atoms with van der Waals surface area (Å²) < 4.78 is 0. The fourth-order valence-corrected chi connectivity index (χ4v) is 2.51. The zero-order valence-electron chi connectivity index (χ0n) is 11.0. The number of terminal acetylenes is 1. The summed E-state index contributed by atoms with van der Waals surface area (Å²) >= 11 is 1.22. The Kier molecular flexibility index (Phi) is 3.71. The fraction of sp³-hybridized carbons (Fsp3) is 0.143. The smallest absolute Gasteiger partial charge is 0.231 e. The molecule has 2 aromatic heterocycles. The van der Waals surface area contributed by atoms with Gasteiger partial charge in [-0.25, -0.2) is 4.98 Å². The SMILES string of the molecule is C#CCNC(=O)CSc1nnc2c(n1)[nH]c1ccccc12. The average molecular weight is 297 g/mol. The maximum atomic E-state index is 11.5. The molecule has 7 heteroatoms. The van der Waals surface area contributed by atoms with Crippen LogP contribution in [0.1, 0.15) is 0 Å². The van der Waals surface area contributed by atoms with Crippen molar-refractivity contribution in [3.63, 3.8) is 0 Å². The van der Waals surface area contributed by atoms with Crippen molar-refractivity contribution in [2.24, 2.45) is 0 Å². The Morgan fingerprint density at radius 2 is 2.24 bits per heavy atom. The van der Waals surface area contributed by atoms with E-state index in [1.54, 1.807) is 0 Å². The van der Waals surface area contributed by atoms with Crippen molar-refractivity contribution in [3.05, 3.63) is 24.3 Å². The standard InChI is InChI=1S/C14H11N5OS/c1-2-7-15-11(20)8-21-14-17-13-12(18-19-14)9-5-3-4-6-10(9)16-13/h1,3-6H,7-8H2,(H,15,20)(H,16,17,19). The Morgan fingerprint density at radius 3 is 3.10 bits per heavy atom. The Bertz CT molecular complexity index is 851. The molecule has 0 unspecified atom stereocenters. The minimum atomic E-state index is -0.154. The van der Waals surface area contributed by atoms with E-state index in [2.05, 4.69) is 31.4 Å². The van der Waals surface area contributed by atoms with E-state index in [1.807, 2.05) is 24.3 Å². The lowest BCUT2D eigenvalue weighted by atomic mass is 10.2. The number of carbonyl (C=O) groups is 1. The molecule has 1 amide bonds. The van der Waals surface area contributed by atoms with Gasteiger partial charge in [0.05, 0.1) is 12.3 Å². The lowest BCUT2D eigenvalue weighted by molar-refractivity contribution is -0.118. The van der Waals surface area contributed by atoms with Crippen molar-refractivity contribution < 1.29 is 4.79 Å². The van der Waals surface area contributed by atoms with E-state index >= 15 is 0 Å². The van der Waals surface area contributed by atoms with Crippen LogP contribution in [-0.4, -0.2) is 38.4 Å². The third-order valence-electron chi connectivity index (χ3n) is 2.82. The quantitative estimate of drug-likeness (QED) is 0.561. The van der Waals surface area contributed by atoms with Crippen LogP contribution in [-0.2, 0) is 4.79 Å². The Morgan fingerprint density at radius 1 is 1.38 bits per heavy atom. The Labute approximate surface area is 124 Å². The predicted molar refractivity (Wildman–Crippen MR) is 81.8 cm³/mol. The second-order valence-electron chi connectivity index (χ2n) is 4.23. The molecule has 0 atom stereocenters. The number of benzene rings is 1. The highest BCUT2D eigenvalue weighted by Crippen LogP contribution is 2.22. The van der Waals surface area contributed by atoms with Crippen LogP contribution < -0.4 is 5.32 Å². The molecule has 0 aliphatic heterocycles. The van der Waals surface area contributed by atoms with Crippen molar-refractivity contribution in [2.45, 2.75) is 5.16 Å². The number of aromatic amines is 1. The summed E-state index contributed by atoms with van der Waals surface area (Å²) in [6.45, 7) is 0.222. The number of nitrogens with zero attached hydrogens (tertiary/aromatic N) is 3. The highest BCUT2D eigenvalue weighted by Gasteiger charge is 2.10. The van der Waals surface area contributed by atoms with Crippen LogP contribution >= 0.6 is 11.8 Å². The highest BCUT2D eigenvalue weighted by atomic mass is 32.2. The summed E-state index contributed by atoms with van der Waals surface area (Å²) in [5.41, 5.74) is 2.35. The fourth-order valence-electron chi connectivity index (χ4n) is 1.90. The number of H-pyrrole nitrogens is 1. The van der Waals surface area contributed by atoms with Crippen LogP contribution in [0.2, 0.25) is 0 Å². The normalized spacial score (nSPS) is 10.6. The second-order valence-corrected chi connectivity index (χ2v) is 5.17. The number of thioether (sulfide) groups is 1. The molecular formula is C14H11N5OS. The molecule has 0 aliphatic carbocycles. The Balaban J connectivity index is 1.80. The van der Waals surface area contributed by atoms with Crippen LogP contribution in [0.25, 0.3) is 22.1 Å². The molecule has 0 saturated heterocycles. The van der Waals surface area contributed by atoms with Crippen molar-refractivity contribution in [2.75, 3.05) is 12.3 Å². The van der Waals surface area contributed by atoms with Gasteiger partial charge >= 0.3 is 0 Å². The molecule has 0 bridgehead atoms. The molecule has 0 aliphatic rings. The van der Waals surface area contributed by atoms with Crippen molar-refractivity contribution in [1.29, 1.82) is 0 Å². The molecule has 2 N–H and O–H groups in total. The maximum Gasteiger partial charge on any atom is 0.231 e. The monoisotopic (exact) mass is 297 g/mol. The van der Waals surface area contributed by atoms with Gasteiger partial charge in [0, 0.05) is 10.9 Å². The van der Waals surface area contributed by atoms with Gasteiger partial charge < -0.3 is 10.3 Å². The molecule has 0 radical (unpaired) electrons. The van der Waals surface area contributed by atoms with Crippen LogP contribution in [0, 0.1) is 12.3 Å². The minimum Gasteiger partial charge on any atom is -0.344 e. The first-order chi connectivity index (χ1) is 10.3. The molecule has 21 heavy (non-hydrogen) atoms. The van der Waals surface area contributed by atoms with Gasteiger partial charge in [-0.2, -0.15) is 0 Å². The van der Waals surface area contributed by atoms with Gasteiger partial charge in [-0.3, -0.25) is 4.79 Å². The zero-order chi connectivity index (χ0) is 14.7. The van der Waals surface area contributed by atoms with Gasteiger partial charge in [0.15, 0.2) is 5.65 Å². The van der Waals surface area contributed by atoms with Crippen molar-refractivity contribution in [1.82, 2.24) is 25.5 Å². The highest BCUT2D eigenvalue weighted by molar-refractivity contribution is 7.99. The van der Waals surface area contributed by atoms with E-state index in [9.17, 15) is 4.79 Å². The summed E-state index contributed by atoms with van der Waals surface area (Å²) in [7, 11) is 0. The number of aromatic nitrogens is 4. The first-order valence-electron chi connectivity index (χ1n) is 6.22. The summed E-state index contributed by atoms with van der Waals surface area (Å²) in [5, 5.41) is 12.2. The van der Waals surface area contributed by atoms with Gasteiger partial charge in [0.1, 0.15) is 5.52 Å². The largest absolute Gasteiger partial charge is 0.344 e. The average Bonchev–Trinajstić information content (AvgIpc) is 2.88. The number of rotatable bonds is 4. The van der Waals surface area contributed by atoms with Crippen LogP contribution in [0.3, 0.4) is 0 Å². The number of fused-ring (bicyclic) bond motifs is 3. The molecule has 2 heterocycles. The Hall–Kier alpha value is -2.59. The number of carbonyl (C=O) groups excluding carboxylic acids is 1. The van der Waals surface area contributed by atoms with Crippen molar-refractivity contribution >= 4 is 39.7 Å². The molecule has 0 saturated carbocycles. The van der Waals surface area contributed by atoms with E-state index in [4.69, 9.17) is 6.42 Å². The topological polar surface area (TPSA) is 83.6 Å². The van der Waals surface area contributed by atoms with Gasteiger partial charge in [-0.05, 0) is 6.07 Å². The van der Waals surface area contributed by atoms with Gasteiger partial charge in [0.2, 0.25) is 11.1 Å². The number of nitrogens with one attached hydrogen (secondary N) is 2. The first-order valence-corrected chi connectivity index (χ1v) is 7.20. The molecular weight excluding hydrogens is 286 g/mol. The predicted octanol–water partition coefficient (Wildman–Crippen LogP) is 1.35. The summed E-state index contributed by atoms with van der Waals surface area (Å²) in [5.74, 6) is 2.40. The third-order valence-corrected chi connectivity index (χ3v) is 3.66. The third kappa shape index (κ3) is 2.80. The van der Waals surface area contributed by atoms with E-state index < -0.39 is 0 Å². The lowest BCUT2D eigenvalue weighted by Crippen LogP contribution is -2.25. The lowest BCUT2D eigenvalue weighted by Gasteiger charge is -2.00. The van der Waals surface area contributed by atoms with Crippen LogP contribution in [0.5, 0.6) is 0 Å². The maximum absolute atomic E-state index is 11.5. The van der Waals surface area contributed by atoms with Crippen molar-refractivity contribution in [3.8, 4) is 12.3 Å². The number of para-hydroxylation sites is 1. The van der Waals surface area contributed by atoms with Crippen LogP contribution in [0.4, 0.5) is 0 Å². The van der Waals surface area contributed by atoms with Crippen LogP contribution in [0.15, 0.2) is 29.4 Å². The summed E-state index contributed by atoms with van der Waals surface area (Å²) in [6.07, 6.45) is 5.07.